The minimum atomic E-state index is -4.32. The molecule has 0 fully saturated rings. The normalized spacial score (nSPS) is 11.9. The third-order valence-electron chi connectivity index (χ3n) is 6.01. The van der Waals surface area contributed by atoms with Crippen molar-refractivity contribution in [3.63, 3.8) is 0 Å². The predicted molar refractivity (Wildman–Crippen MR) is 153 cm³/mol. The fraction of sp³-hybridized carbons (Fsp3) is 0.107. The maximum Gasteiger partial charge on any atom is 0.446 e. The van der Waals surface area contributed by atoms with Crippen LogP contribution in [0.3, 0.4) is 0 Å². The third-order valence-corrected chi connectivity index (χ3v) is 7.24. The molecule has 0 unspecified atom stereocenters. The summed E-state index contributed by atoms with van der Waals surface area (Å²) in [6.07, 6.45) is 5.25. The van der Waals surface area contributed by atoms with Gasteiger partial charge in [0.1, 0.15) is 5.65 Å². The van der Waals surface area contributed by atoms with E-state index in [4.69, 9.17) is 0 Å². The summed E-state index contributed by atoms with van der Waals surface area (Å²) in [7, 11) is 0. The van der Waals surface area contributed by atoms with Crippen LogP contribution in [0.2, 0.25) is 0 Å². The van der Waals surface area contributed by atoms with Gasteiger partial charge in [-0.2, -0.15) is 13.2 Å². The molecule has 2 amide bonds. The summed E-state index contributed by atoms with van der Waals surface area (Å²) >= 11 is 0.792. The van der Waals surface area contributed by atoms with Crippen molar-refractivity contribution < 1.29 is 18.0 Å². The number of alkyl halides is 3. The number of halogens is 3. The first-order valence-electron chi connectivity index (χ1n) is 11.8. The molecule has 0 aliphatic rings. The quantitative estimate of drug-likeness (QED) is 0.124. The van der Waals surface area contributed by atoms with Gasteiger partial charge in [0.05, 0.1) is 24.0 Å². The smallest absolute Gasteiger partial charge is 0.307 e. The van der Waals surface area contributed by atoms with E-state index in [1.807, 2.05) is 66.9 Å². The summed E-state index contributed by atoms with van der Waals surface area (Å²) in [5, 5.41) is 4.71. The molecule has 0 saturated heterocycles. The Bertz CT molecular complexity index is 1680. The second kappa shape index (κ2) is 11.0. The molecule has 6 nitrogen and oxygen atoms in total. The zero-order chi connectivity index (χ0) is 27.6. The van der Waals surface area contributed by atoms with Gasteiger partial charge in [0.15, 0.2) is 0 Å². The van der Waals surface area contributed by atoms with Crippen molar-refractivity contribution in [1.29, 1.82) is 0 Å². The second-order valence-corrected chi connectivity index (χ2v) is 10.5. The van der Waals surface area contributed by atoms with Crippen LogP contribution in [0.4, 0.5) is 23.7 Å². The van der Waals surface area contributed by atoms with E-state index in [-0.39, 0.29) is 22.7 Å². The molecule has 2 N–H and O–H groups in total. The Morgan fingerprint density at radius 2 is 1.77 bits per heavy atom. The van der Waals surface area contributed by atoms with Gasteiger partial charge in [-0.3, -0.25) is 9.12 Å². The summed E-state index contributed by atoms with van der Waals surface area (Å²) < 4.78 is 46.7. The molecule has 0 atom stereocenters. The summed E-state index contributed by atoms with van der Waals surface area (Å²) in [5.41, 5.74) is 1.54. The van der Waals surface area contributed by atoms with E-state index in [0.29, 0.717) is 0 Å². The zero-order valence-corrected chi connectivity index (χ0v) is 22.4. The summed E-state index contributed by atoms with van der Waals surface area (Å²) in [6.45, 7) is 3.87. The molecule has 0 saturated carbocycles. The largest absolute Gasteiger partial charge is 0.446 e. The van der Waals surface area contributed by atoms with Gasteiger partial charge in [0.25, 0.3) is 0 Å². The molecule has 0 aliphatic heterocycles. The number of carbonyl (C=O) groups excluding carboxylic acids is 1. The topological polar surface area (TPSA) is 70.8 Å². The van der Waals surface area contributed by atoms with Crippen molar-refractivity contribution in [1.82, 2.24) is 14.1 Å². The van der Waals surface area contributed by atoms with Gasteiger partial charge in [-0.15, -0.1) is 0 Å². The van der Waals surface area contributed by atoms with Crippen molar-refractivity contribution in [2.75, 3.05) is 5.32 Å². The van der Waals surface area contributed by atoms with Gasteiger partial charge >= 0.3 is 11.5 Å². The molecule has 0 spiro atoms. The van der Waals surface area contributed by atoms with Crippen LogP contribution in [0.1, 0.15) is 16.7 Å². The highest BCUT2D eigenvalue weighted by Gasteiger charge is 2.29. The Balaban J connectivity index is 1.27. The van der Waals surface area contributed by atoms with E-state index in [1.165, 1.54) is 12.1 Å². The number of imidazole rings is 1. The second-order valence-electron chi connectivity index (χ2n) is 8.72. The summed E-state index contributed by atoms with van der Waals surface area (Å²) in [4.78, 5) is 16.9. The molecular formula is C28H22F3N5OS2. The minimum absolute atomic E-state index is 0.134. The van der Waals surface area contributed by atoms with Gasteiger partial charge in [-0.25, -0.2) is 14.2 Å². The minimum Gasteiger partial charge on any atom is -0.307 e. The molecule has 11 heteroatoms. The summed E-state index contributed by atoms with van der Waals surface area (Å²) in [5.74, 6) is 0. The zero-order valence-electron chi connectivity index (χ0n) is 20.8. The Labute approximate surface area is 231 Å². The van der Waals surface area contributed by atoms with Gasteiger partial charge in [-0.05, 0) is 78.0 Å². The van der Waals surface area contributed by atoms with Crippen LogP contribution in [0.5, 0.6) is 0 Å². The number of hydrogen-bond acceptors (Lipinski definition) is 5. The van der Waals surface area contributed by atoms with Crippen LogP contribution in [-0.2, 0) is 0 Å². The van der Waals surface area contributed by atoms with Crippen molar-refractivity contribution in [3.05, 3.63) is 95.8 Å². The number of para-hydroxylation sites is 1. The molecule has 2 heterocycles. The molecule has 0 bridgehead atoms. The Kier molecular flexibility index (Phi) is 7.53. The molecule has 3 aromatic carbocycles. The van der Waals surface area contributed by atoms with Crippen molar-refractivity contribution in [2.45, 2.75) is 24.3 Å². The van der Waals surface area contributed by atoms with Crippen LogP contribution in [-0.4, -0.2) is 27.1 Å². The molecule has 198 valence electrons. The van der Waals surface area contributed by atoms with Gasteiger partial charge in [0.2, 0.25) is 0 Å². The number of aryl methyl sites for hydroxylation is 2. The van der Waals surface area contributed by atoms with Crippen LogP contribution in [0.15, 0.2) is 88.4 Å². The van der Waals surface area contributed by atoms with E-state index in [2.05, 4.69) is 19.4 Å². The first kappa shape index (κ1) is 26.6. The number of thioether (sulfide) groups is 1. The Morgan fingerprint density at radius 3 is 2.49 bits per heavy atom. The van der Waals surface area contributed by atoms with E-state index < -0.39 is 5.51 Å². The fourth-order valence-corrected chi connectivity index (χ4v) is 5.12. The number of amides is 2. The van der Waals surface area contributed by atoms with E-state index in [9.17, 15) is 18.0 Å². The number of rotatable bonds is 6. The number of anilines is 1. The summed E-state index contributed by atoms with van der Waals surface area (Å²) in [6, 6.07) is 19.4. The van der Waals surface area contributed by atoms with E-state index in [1.54, 1.807) is 24.5 Å². The van der Waals surface area contributed by atoms with Gasteiger partial charge in [-0.1, -0.05) is 36.4 Å². The number of carbonyl (C=O) groups is 1. The molecular weight excluding hydrogens is 543 g/mol. The number of nitrogens with one attached hydrogen (secondary N) is 2. The van der Waals surface area contributed by atoms with E-state index >= 15 is 0 Å². The van der Waals surface area contributed by atoms with Crippen LogP contribution in [0, 0.1) is 13.8 Å². The number of benzene rings is 3. The van der Waals surface area contributed by atoms with Crippen molar-refractivity contribution >= 4 is 58.2 Å². The first-order valence-corrected chi connectivity index (χ1v) is 13.4. The monoisotopic (exact) mass is 565 g/mol. The van der Waals surface area contributed by atoms with Gasteiger partial charge < -0.3 is 5.32 Å². The number of fused-ring (bicyclic) bond motifs is 3. The lowest BCUT2D eigenvalue weighted by Gasteiger charge is -2.10. The first-order chi connectivity index (χ1) is 18.7. The highest BCUT2D eigenvalue weighted by atomic mass is 32.2. The lowest BCUT2D eigenvalue weighted by molar-refractivity contribution is -0.0328. The van der Waals surface area contributed by atoms with Crippen molar-refractivity contribution in [3.8, 4) is 11.3 Å². The van der Waals surface area contributed by atoms with Crippen molar-refractivity contribution in [2.24, 2.45) is 4.40 Å². The van der Waals surface area contributed by atoms with Crippen LogP contribution >= 0.6 is 23.9 Å². The van der Waals surface area contributed by atoms with Gasteiger partial charge in [0, 0.05) is 33.9 Å². The Morgan fingerprint density at radius 1 is 1.03 bits per heavy atom. The molecule has 5 rings (SSSR count). The average molecular weight is 566 g/mol. The maximum atomic E-state index is 12.6. The maximum absolute atomic E-state index is 12.6. The number of pyridine rings is 1. The SMILES string of the molecule is Cc1cccc(C)c1NC(=O)NSN=Cc1ccc2c(ccn3c(-c4ccc(SC(F)(F)F)cc4)cnc23)c1. The number of nitrogens with zero attached hydrogens (tertiary/aromatic N) is 3. The number of urea groups is 1. The highest BCUT2D eigenvalue weighted by Crippen LogP contribution is 2.37. The lowest BCUT2D eigenvalue weighted by Crippen LogP contribution is -2.23. The molecule has 5 aromatic rings. The Hall–Kier alpha value is -3.96. The molecule has 0 aliphatic carbocycles. The van der Waals surface area contributed by atoms with E-state index in [0.717, 1.165) is 62.2 Å². The highest BCUT2D eigenvalue weighted by molar-refractivity contribution is 8.00. The number of aromatic nitrogens is 2. The van der Waals surface area contributed by atoms with Crippen LogP contribution < -0.4 is 10.0 Å². The number of hydrogen-bond donors (Lipinski definition) is 2. The average Bonchev–Trinajstić information content (AvgIpc) is 3.33. The molecule has 0 radical (unpaired) electrons. The predicted octanol–water partition coefficient (Wildman–Crippen LogP) is 8.19. The standard InChI is InChI=1S/C28H22F3N5OS2/c1-17-4-3-5-18(2)25(17)34-27(37)35-39-33-15-19-6-11-23-21(14-19)12-13-36-24(16-32-26(23)36)20-7-9-22(10-8-20)38-28(29,30)31/h3-16H,1-2H3,(H2,34,35,37). The lowest BCUT2D eigenvalue weighted by atomic mass is 10.1. The third kappa shape index (κ3) is 6.21. The van der Waals surface area contributed by atoms with Crippen LogP contribution in [0.25, 0.3) is 27.7 Å². The molecule has 39 heavy (non-hydrogen) atoms. The fourth-order valence-electron chi connectivity index (χ4n) is 4.22. The molecule has 2 aromatic heterocycles.